The van der Waals surface area contributed by atoms with Gasteiger partial charge in [0, 0.05) is 31.2 Å². The lowest BCUT2D eigenvalue weighted by Crippen LogP contribution is -2.61. The number of rotatable bonds is 3. The molecular weight excluding hydrogens is 374 g/mol. The van der Waals surface area contributed by atoms with Gasteiger partial charge in [-0.25, -0.2) is 8.42 Å². The van der Waals surface area contributed by atoms with Crippen molar-refractivity contribution in [3.63, 3.8) is 0 Å². The molecule has 0 unspecified atom stereocenters. The first-order valence-electron chi connectivity index (χ1n) is 8.37. The van der Waals surface area contributed by atoms with Crippen molar-refractivity contribution in [2.75, 3.05) is 26.4 Å². The van der Waals surface area contributed by atoms with Gasteiger partial charge in [0.1, 0.15) is 5.69 Å². The lowest BCUT2D eigenvalue weighted by Gasteiger charge is -2.45. The maximum Gasteiger partial charge on any atom is 0.273 e. The van der Waals surface area contributed by atoms with Crippen molar-refractivity contribution in [3.8, 4) is 11.5 Å². The summed E-state index contributed by atoms with van der Waals surface area (Å²) in [5.41, 5.74) is -0.519. The fourth-order valence-corrected chi connectivity index (χ4v) is 5.18. The molecule has 2 aliphatic rings. The number of ether oxygens (including phenoxy) is 2. The number of aromatic nitrogens is 3. The number of carbonyl (C=O) groups excluding carboxylic acids is 1. The molecule has 3 heterocycles. The van der Waals surface area contributed by atoms with Crippen LogP contribution in [0.4, 0.5) is 0 Å². The Balaban J connectivity index is 1.58. The van der Waals surface area contributed by atoms with Gasteiger partial charge in [-0.2, -0.15) is 4.31 Å². The van der Waals surface area contributed by atoms with Gasteiger partial charge in [-0.3, -0.25) is 9.89 Å². The lowest BCUT2D eigenvalue weighted by molar-refractivity contribution is 0.0489. The molecule has 0 atom stereocenters. The second kappa shape index (κ2) is 6.20. The molecule has 1 aromatic carbocycles. The summed E-state index contributed by atoms with van der Waals surface area (Å²) in [5.74, 6) is 0.680. The highest BCUT2D eigenvalue weighted by atomic mass is 32.2. The monoisotopic (exact) mass is 393 g/mol. The van der Waals surface area contributed by atoms with E-state index >= 15 is 0 Å². The van der Waals surface area contributed by atoms with Crippen molar-refractivity contribution in [1.29, 1.82) is 0 Å². The number of hydrogen-bond donors (Lipinski definition) is 1. The Morgan fingerprint density at radius 1 is 1.22 bits per heavy atom. The van der Waals surface area contributed by atoms with Crippen LogP contribution in [0.5, 0.6) is 11.5 Å². The minimum atomic E-state index is -3.77. The second-order valence-corrected chi connectivity index (χ2v) is 8.86. The van der Waals surface area contributed by atoms with E-state index in [-0.39, 0.29) is 42.9 Å². The summed E-state index contributed by atoms with van der Waals surface area (Å²) in [4.78, 5) is 14.3. The molecule has 0 radical (unpaired) electrons. The number of amides is 1. The lowest BCUT2D eigenvalue weighted by atomic mass is 10.0. The minimum Gasteiger partial charge on any atom is -0.454 e. The average molecular weight is 393 g/mol. The Hall–Kier alpha value is -2.66. The molecule has 1 N–H and O–H groups in total. The summed E-state index contributed by atoms with van der Waals surface area (Å²) < 4.78 is 38.4. The van der Waals surface area contributed by atoms with Crippen LogP contribution in [0.3, 0.4) is 0 Å². The van der Waals surface area contributed by atoms with Crippen LogP contribution >= 0.6 is 0 Å². The van der Waals surface area contributed by atoms with Crippen molar-refractivity contribution >= 4 is 15.9 Å². The van der Waals surface area contributed by atoms with Crippen LogP contribution in [0, 0.1) is 0 Å². The second-order valence-electron chi connectivity index (χ2n) is 7.00. The molecule has 0 aliphatic carbocycles. The van der Waals surface area contributed by atoms with Crippen LogP contribution in [-0.2, 0) is 10.0 Å². The smallest absolute Gasteiger partial charge is 0.273 e. The largest absolute Gasteiger partial charge is 0.454 e. The van der Waals surface area contributed by atoms with Crippen LogP contribution in [0.2, 0.25) is 0 Å². The number of nitrogens with zero attached hydrogens (tertiary/aromatic N) is 4. The number of aromatic amines is 1. The van der Waals surface area contributed by atoms with E-state index in [1.165, 1.54) is 22.6 Å². The van der Waals surface area contributed by atoms with Gasteiger partial charge in [0.15, 0.2) is 11.5 Å². The zero-order valence-corrected chi connectivity index (χ0v) is 15.7. The van der Waals surface area contributed by atoms with Gasteiger partial charge in [-0.05, 0) is 26.0 Å². The molecule has 0 bridgehead atoms. The quantitative estimate of drug-likeness (QED) is 0.805. The van der Waals surface area contributed by atoms with E-state index in [1.807, 2.05) is 0 Å². The Kier molecular flexibility index (Phi) is 4.07. The summed E-state index contributed by atoms with van der Waals surface area (Å²) in [6, 6.07) is 4.57. The standard InChI is InChI=1S/C16H19N5O5S/c1-16(2)9-20(15(22)12-8-17-19-18-12)5-6-21(16)27(23,24)11-3-4-13-14(7-11)26-10-25-13/h3-4,7-8H,5-6,9-10H2,1-2H3,(H,17,18,19). The molecule has 4 rings (SSSR count). The van der Waals surface area contributed by atoms with Gasteiger partial charge < -0.3 is 14.4 Å². The third-order valence-corrected chi connectivity index (χ3v) is 6.80. The van der Waals surface area contributed by atoms with Crippen molar-refractivity contribution in [2.24, 2.45) is 0 Å². The van der Waals surface area contributed by atoms with E-state index in [2.05, 4.69) is 15.4 Å². The summed E-state index contributed by atoms with van der Waals surface area (Å²) >= 11 is 0. The molecule has 1 saturated heterocycles. The highest BCUT2D eigenvalue weighted by Gasteiger charge is 2.43. The molecular formula is C16H19N5O5S. The zero-order valence-electron chi connectivity index (χ0n) is 14.9. The van der Waals surface area contributed by atoms with E-state index in [4.69, 9.17) is 9.47 Å². The van der Waals surface area contributed by atoms with Crippen LogP contribution in [0.1, 0.15) is 24.3 Å². The number of H-pyrrole nitrogens is 1. The van der Waals surface area contributed by atoms with Gasteiger partial charge >= 0.3 is 0 Å². The molecule has 10 nitrogen and oxygen atoms in total. The topological polar surface area (TPSA) is 118 Å². The third-order valence-electron chi connectivity index (χ3n) is 4.69. The fraction of sp³-hybridized carbons (Fsp3) is 0.438. The van der Waals surface area contributed by atoms with Crippen LogP contribution in [0.15, 0.2) is 29.3 Å². The van der Waals surface area contributed by atoms with E-state index in [0.29, 0.717) is 11.5 Å². The van der Waals surface area contributed by atoms with Gasteiger partial charge in [-0.1, -0.05) is 5.21 Å². The fourth-order valence-electron chi connectivity index (χ4n) is 3.39. The summed E-state index contributed by atoms with van der Waals surface area (Å²) in [5, 5.41) is 9.70. The summed E-state index contributed by atoms with van der Waals surface area (Å²) in [6.45, 7) is 4.36. The Morgan fingerprint density at radius 2 is 2.00 bits per heavy atom. The number of carbonyl (C=O) groups is 1. The number of benzene rings is 1. The molecule has 11 heteroatoms. The molecule has 0 spiro atoms. The van der Waals surface area contributed by atoms with Crippen LogP contribution in [-0.4, -0.2) is 70.9 Å². The minimum absolute atomic E-state index is 0.0770. The third kappa shape index (κ3) is 3.02. The number of hydrogen-bond acceptors (Lipinski definition) is 7. The highest BCUT2D eigenvalue weighted by Crippen LogP contribution is 2.36. The predicted octanol–water partition coefficient (Wildman–Crippen LogP) is 0.459. The summed E-state index contributed by atoms with van der Waals surface area (Å²) in [6.07, 6.45) is 1.35. The number of sulfonamides is 1. The maximum absolute atomic E-state index is 13.2. The Bertz CT molecular complexity index is 973. The van der Waals surface area contributed by atoms with Crippen molar-refractivity contribution in [1.82, 2.24) is 24.6 Å². The van der Waals surface area contributed by atoms with Crippen molar-refractivity contribution in [3.05, 3.63) is 30.1 Å². The molecule has 0 saturated carbocycles. The van der Waals surface area contributed by atoms with Crippen molar-refractivity contribution < 1.29 is 22.7 Å². The summed E-state index contributed by atoms with van der Waals surface area (Å²) in [7, 11) is -3.77. The molecule has 2 aliphatic heterocycles. The number of piperazine rings is 1. The molecule has 1 fully saturated rings. The van der Waals surface area contributed by atoms with E-state index < -0.39 is 15.6 Å². The van der Waals surface area contributed by atoms with Gasteiger partial charge in [0.2, 0.25) is 16.8 Å². The Labute approximate surface area is 156 Å². The van der Waals surface area contributed by atoms with Gasteiger partial charge in [0.05, 0.1) is 11.1 Å². The number of fused-ring (bicyclic) bond motifs is 1. The average Bonchev–Trinajstić information content (AvgIpc) is 3.30. The predicted molar refractivity (Wildman–Crippen MR) is 92.8 cm³/mol. The molecule has 27 heavy (non-hydrogen) atoms. The SMILES string of the molecule is CC1(C)CN(C(=O)c2cnn[nH]2)CCN1S(=O)(=O)c1ccc2c(c1)OCO2. The van der Waals surface area contributed by atoms with Gasteiger partial charge in [0.25, 0.3) is 5.91 Å². The van der Waals surface area contributed by atoms with Gasteiger partial charge in [-0.15, -0.1) is 5.10 Å². The zero-order chi connectivity index (χ0) is 19.2. The molecule has 144 valence electrons. The van der Waals surface area contributed by atoms with E-state index in [0.717, 1.165) is 0 Å². The molecule has 1 aromatic heterocycles. The van der Waals surface area contributed by atoms with E-state index in [9.17, 15) is 13.2 Å². The Morgan fingerprint density at radius 3 is 2.70 bits per heavy atom. The van der Waals surface area contributed by atoms with E-state index in [1.54, 1.807) is 24.8 Å². The maximum atomic E-state index is 13.2. The number of nitrogens with one attached hydrogen (secondary N) is 1. The first-order valence-corrected chi connectivity index (χ1v) is 9.81. The normalized spacial score (nSPS) is 19.3. The van der Waals surface area contributed by atoms with Crippen molar-refractivity contribution in [2.45, 2.75) is 24.3 Å². The van der Waals surface area contributed by atoms with Crippen LogP contribution < -0.4 is 9.47 Å². The molecule has 2 aromatic rings. The first-order chi connectivity index (χ1) is 12.8. The van der Waals surface area contributed by atoms with Crippen LogP contribution in [0.25, 0.3) is 0 Å². The first kappa shape index (κ1) is 17.7. The molecule has 1 amide bonds. The highest BCUT2D eigenvalue weighted by molar-refractivity contribution is 7.89.